The van der Waals surface area contributed by atoms with Crippen LogP contribution in [-0.4, -0.2) is 22.1 Å². The maximum atomic E-state index is 12.4. The molecule has 1 atom stereocenters. The van der Waals surface area contributed by atoms with Gasteiger partial charge in [0.25, 0.3) is 5.91 Å². The largest absolute Gasteiger partial charge is 0.492 e. The SMILES string of the molecule is C[C@@H](NC(=O)c1ccco1)c1nc2ccccc2n1CCOc1ccc(C(C)(C)C)cc1. The number of benzene rings is 2. The van der Waals surface area contributed by atoms with Crippen LogP contribution in [0.15, 0.2) is 71.3 Å². The molecule has 0 unspecified atom stereocenters. The van der Waals surface area contributed by atoms with Gasteiger partial charge >= 0.3 is 0 Å². The van der Waals surface area contributed by atoms with E-state index in [0.717, 1.165) is 22.6 Å². The molecule has 0 radical (unpaired) electrons. The molecule has 4 aromatic rings. The molecule has 166 valence electrons. The van der Waals surface area contributed by atoms with E-state index in [9.17, 15) is 4.79 Å². The van der Waals surface area contributed by atoms with Gasteiger partial charge in [0.1, 0.15) is 18.2 Å². The van der Waals surface area contributed by atoms with Gasteiger partial charge in [-0.25, -0.2) is 4.98 Å². The second-order valence-electron chi connectivity index (χ2n) is 8.91. The van der Waals surface area contributed by atoms with Crippen LogP contribution in [0.25, 0.3) is 11.0 Å². The van der Waals surface area contributed by atoms with Gasteiger partial charge in [-0.15, -0.1) is 0 Å². The molecule has 6 nitrogen and oxygen atoms in total. The number of hydrogen-bond donors (Lipinski definition) is 1. The fourth-order valence-electron chi connectivity index (χ4n) is 3.71. The molecule has 6 heteroatoms. The number of fused-ring (bicyclic) bond motifs is 1. The molecule has 0 bridgehead atoms. The Labute approximate surface area is 188 Å². The summed E-state index contributed by atoms with van der Waals surface area (Å²) in [5.41, 5.74) is 3.28. The first-order valence-corrected chi connectivity index (χ1v) is 10.9. The Kier molecular flexibility index (Phi) is 6.04. The molecular formula is C26H29N3O3. The third-order valence-electron chi connectivity index (χ3n) is 5.47. The Morgan fingerprint density at radius 1 is 1.09 bits per heavy atom. The normalized spacial score (nSPS) is 12.6. The van der Waals surface area contributed by atoms with E-state index in [1.54, 1.807) is 12.1 Å². The number of furan rings is 1. The van der Waals surface area contributed by atoms with E-state index in [-0.39, 0.29) is 23.1 Å². The Bertz CT molecular complexity index is 1190. The number of para-hydroxylation sites is 2. The zero-order valence-corrected chi connectivity index (χ0v) is 19.0. The van der Waals surface area contributed by atoms with E-state index >= 15 is 0 Å². The predicted molar refractivity (Wildman–Crippen MR) is 125 cm³/mol. The van der Waals surface area contributed by atoms with Crippen molar-refractivity contribution >= 4 is 16.9 Å². The summed E-state index contributed by atoms with van der Waals surface area (Å²) in [6.45, 7) is 9.60. The van der Waals surface area contributed by atoms with E-state index < -0.39 is 0 Å². The van der Waals surface area contributed by atoms with E-state index in [1.165, 1.54) is 11.8 Å². The van der Waals surface area contributed by atoms with Gasteiger partial charge in [0.2, 0.25) is 0 Å². The summed E-state index contributed by atoms with van der Waals surface area (Å²) >= 11 is 0. The molecule has 0 saturated carbocycles. The van der Waals surface area contributed by atoms with Crippen molar-refractivity contribution in [1.82, 2.24) is 14.9 Å². The summed E-state index contributed by atoms with van der Waals surface area (Å²) in [6.07, 6.45) is 1.49. The maximum Gasteiger partial charge on any atom is 0.287 e. The van der Waals surface area contributed by atoms with Gasteiger partial charge in [0, 0.05) is 0 Å². The predicted octanol–water partition coefficient (Wildman–Crippen LogP) is 5.50. The molecule has 2 aromatic carbocycles. The molecule has 0 fully saturated rings. The number of imidazole rings is 1. The Morgan fingerprint density at radius 2 is 1.84 bits per heavy atom. The highest BCUT2D eigenvalue weighted by Gasteiger charge is 2.20. The lowest BCUT2D eigenvalue weighted by Crippen LogP contribution is -2.28. The second-order valence-corrected chi connectivity index (χ2v) is 8.91. The van der Waals surface area contributed by atoms with Gasteiger partial charge in [-0.3, -0.25) is 4.79 Å². The minimum Gasteiger partial charge on any atom is -0.492 e. The van der Waals surface area contributed by atoms with Crippen LogP contribution in [0.3, 0.4) is 0 Å². The molecule has 2 heterocycles. The van der Waals surface area contributed by atoms with Crippen LogP contribution in [0.4, 0.5) is 0 Å². The standard InChI is InChI=1S/C26H29N3O3/c1-18(27-25(30)23-10-7-16-32-23)24-28-21-8-5-6-9-22(21)29(24)15-17-31-20-13-11-19(12-14-20)26(2,3)4/h5-14,16,18H,15,17H2,1-4H3,(H,27,30)/t18-/m1/s1. The van der Waals surface area contributed by atoms with E-state index in [0.29, 0.717) is 13.2 Å². The summed E-state index contributed by atoms with van der Waals surface area (Å²) in [6, 6.07) is 19.2. The van der Waals surface area contributed by atoms with Crippen molar-refractivity contribution in [2.24, 2.45) is 0 Å². The number of amides is 1. The molecular weight excluding hydrogens is 402 g/mol. The van der Waals surface area contributed by atoms with Crippen LogP contribution in [-0.2, 0) is 12.0 Å². The average Bonchev–Trinajstić information content (AvgIpc) is 3.42. The van der Waals surface area contributed by atoms with Gasteiger partial charge in [0.05, 0.1) is 29.9 Å². The average molecular weight is 432 g/mol. The molecule has 4 rings (SSSR count). The van der Waals surface area contributed by atoms with Gasteiger partial charge in [-0.2, -0.15) is 0 Å². The number of hydrogen-bond acceptors (Lipinski definition) is 4. The monoisotopic (exact) mass is 431 g/mol. The molecule has 1 N–H and O–H groups in total. The van der Waals surface area contributed by atoms with Crippen molar-refractivity contribution in [2.75, 3.05) is 6.61 Å². The van der Waals surface area contributed by atoms with Crippen LogP contribution < -0.4 is 10.1 Å². The van der Waals surface area contributed by atoms with E-state index in [4.69, 9.17) is 14.1 Å². The number of carbonyl (C=O) groups is 1. The fraction of sp³-hybridized carbons (Fsp3) is 0.308. The number of nitrogens with one attached hydrogen (secondary N) is 1. The summed E-state index contributed by atoms with van der Waals surface area (Å²) in [7, 11) is 0. The molecule has 0 aliphatic rings. The van der Waals surface area contributed by atoms with Crippen LogP contribution in [0.1, 0.15) is 55.7 Å². The third kappa shape index (κ3) is 4.69. The highest BCUT2D eigenvalue weighted by atomic mass is 16.5. The Hall–Kier alpha value is -3.54. The molecule has 32 heavy (non-hydrogen) atoms. The number of ether oxygens (including phenoxy) is 1. The molecule has 0 aliphatic heterocycles. The smallest absolute Gasteiger partial charge is 0.287 e. The Morgan fingerprint density at radius 3 is 2.53 bits per heavy atom. The van der Waals surface area contributed by atoms with Crippen molar-refractivity contribution < 1.29 is 13.9 Å². The highest BCUT2D eigenvalue weighted by molar-refractivity contribution is 5.91. The van der Waals surface area contributed by atoms with Crippen LogP contribution >= 0.6 is 0 Å². The van der Waals surface area contributed by atoms with Gasteiger partial charge < -0.3 is 19.0 Å². The Balaban J connectivity index is 1.49. The summed E-state index contributed by atoms with van der Waals surface area (Å²) in [5.74, 6) is 1.62. The number of nitrogens with zero attached hydrogens (tertiary/aromatic N) is 2. The zero-order chi connectivity index (χ0) is 22.7. The summed E-state index contributed by atoms with van der Waals surface area (Å²) in [5, 5.41) is 2.97. The quantitative estimate of drug-likeness (QED) is 0.420. The minimum atomic E-state index is -0.300. The zero-order valence-electron chi connectivity index (χ0n) is 19.0. The van der Waals surface area contributed by atoms with Crippen molar-refractivity contribution in [2.45, 2.75) is 45.7 Å². The lowest BCUT2D eigenvalue weighted by molar-refractivity contribution is 0.0909. The number of rotatable bonds is 7. The molecule has 0 spiro atoms. The van der Waals surface area contributed by atoms with E-state index in [2.05, 4.69) is 42.8 Å². The minimum absolute atomic E-state index is 0.110. The molecule has 1 amide bonds. The second kappa shape index (κ2) is 8.91. The van der Waals surface area contributed by atoms with Crippen molar-refractivity contribution in [1.29, 1.82) is 0 Å². The van der Waals surface area contributed by atoms with Crippen LogP contribution in [0.2, 0.25) is 0 Å². The summed E-state index contributed by atoms with van der Waals surface area (Å²) < 4.78 is 13.3. The molecule has 0 saturated heterocycles. The number of carbonyl (C=O) groups excluding carboxylic acids is 1. The van der Waals surface area contributed by atoms with Crippen molar-refractivity contribution in [3.8, 4) is 5.75 Å². The van der Waals surface area contributed by atoms with Crippen molar-refractivity contribution in [3.63, 3.8) is 0 Å². The fourth-order valence-corrected chi connectivity index (χ4v) is 3.71. The van der Waals surface area contributed by atoms with Crippen LogP contribution in [0, 0.1) is 0 Å². The van der Waals surface area contributed by atoms with Crippen LogP contribution in [0.5, 0.6) is 5.75 Å². The first-order chi connectivity index (χ1) is 15.3. The lowest BCUT2D eigenvalue weighted by atomic mass is 9.87. The van der Waals surface area contributed by atoms with E-state index in [1.807, 2.05) is 43.3 Å². The lowest BCUT2D eigenvalue weighted by Gasteiger charge is -2.19. The summed E-state index contributed by atoms with van der Waals surface area (Å²) in [4.78, 5) is 17.2. The van der Waals surface area contributed by atoms with Gasteiger partial charge in [-0.05, 0) is 54.3 Å². The molecule has 0 aliphatic carbocycles. The van der Waals surface area contributed by atoms with Gasteiger partial charge in [0.15, 0.2) is 5.76 Å². The highest BCUT2D eigenvalue weighted by Crippen LogP contribution is 2.25. The first-order valence-electron chi connectivity index (χ1n) is 10.9. The molecule has 2 aromatic heterocycles. The third-order valence-corrected chi connectivity index (χ3v) is 5.47. The first kappa shape index (κ1) is 21.7. The number of aromatic nitrogens is 2. The topological polar surface area (TPSA) is 69.3 Å². The van der Waals surface area contributed by atoms with Crippen molar-refractivity contribution in [3.05, 3.63) is 84.1 Å². The van der Waals surface area contributed by atoms with Gasteiger partial charge in [-0.1, -0.05) is 45.0 Å². The maximum absolute atomic E-state index is 12.4.